The molecule has 6 rings (SSSR count). The van der Waals surface area contributed by atoms with E-state index in [2.05, 4.69) is 14.7 Å². The van der Waals surface area contributed by atoms with Gasteiger partial charge < -0.3 is 14.4 Å². The number of hydrogen-bond acceptors (Lipinski definition) is 9. The highest BCUT2D eigenvalue weighted by molar-refractivity contribution is 7.18. The van der Waals surface area contributed by atoms with Crippen LogP contribution in [0.15, 0.2) is 86.9 Å². The van der Waals surface area contributed by atoms with E-state index >= 15 is 4.39 Å². The number of Topliss-reactive ketones (excluding diaryl/α,β-unsaturated/α-hetero) is 1. The average molecular weight is 626 g/mol. The molecule has 0 saturated heterocycles. The summed E-state index contributed by atoms with van der Waals surface area (Å²) in [5, 5.41) is 15.5. The van der Waals surface area contributed by atoms with Crippen molar-refractivity contribution in [2.24, 2.45) is 0 Å². The van der Waals surface area contributed by atoms with Crippen LogP contribution in [0.25, 0.3) is 32.7 Å². The highest BCUT2D eigenvalue weighted by Crippen LogP contribution is 2.32. The first-order chi connectivity index (χ1) is 21.8. The van der Waals surface area contributed by atoms with Crippen molar-refractivity contribution in [3.05, 3.63) is 115 Å². The summed E-state index contributed by atoms with van der Waals surface area (Å²) < 4.78 is 27.7. The number of methoxy groups -OCH3 is 1. The normalized spacial score (nSPS) is 11.3. The Bertz CT molecular complexity index is 2160. The SMILES string of the molecule is CCCc1cc2c(=O)n(CC(=O)c3ccc(OC)cc3)c(=O)n(Cc3ccc(-c4ccccc4-c4noc([O-])n4)cc3F)c2s1. The number of aromatic nitrogens is 4. The number of carbonyl (C=O) groups is 1. The molecule has 12 heteroatoms. The first-order valence-electron chi connectivity index (χ1n) is 14.1. The van der Waals surface area contributed by atoms with Crippen LogP contribution in [0, 0.1) is 5.82 Å². The van der Waals surface area contributed by atoms with Crippen molar-refractivity contribution < 1.29 is 23.6 Å². The quantitative estimate of drug-likeness (QED) is 0.193. The van der Waals surface area contributed by atoms with Crippen LogP contribution in [0.5, 0.6) is 11.8 Å². The number of benzene rings is 3. The third kappa shape index (κ3) is 5.79. The average Bonchev–Trinajstić information content (AvgIpc) is 3.68. The predicted molar refractivity (Wildman–Crippen MR) is 165 cm³/mol. The molecule has 0 N–H and O–H groups in total. The van der Waals surface area contributed by atoms with Crippen LogP contribution < -0.4 is 21.1 Å². The minimum atomic E-state index is -0.833. The number of halogens is 1. The molecule has 6 aromatic rings. The standard InChI is InChI=1S/C33H27FN4O6S/c1-3-6-23-16-26-30(40)37(18-28(39)19-11-13-22(43-2)14-12-19)33(42)38(31(26)45-23)17-21-10-9-20(15-27(21)34)24-7-4-5-8-25(24)29-35-32(41)44-36-29/h4-5,7-16H,3,6,17-18H2,1-2H3,(H,35,36,41)/p-1. The molecule has 0 amide bonds. The van der Waals surface area contributed by atoms with Gasteiger partial charge in [-0.2, -0.15) is 5.16 Å². The number of ether oxygens (including phenoxy) is 1. The van der Waals surface area contributed by atoms with Crippen LogP contribution in [-0.4, -0.2) is 32.2 Å². The van der Waals surface area contributed by atoms with Gasteiger partial charge in [-0.25, -0.2) is 14.2 Å². The fourth-order valence-electron chi connectivity index (χ4n) is 5.17. The fraction of sp³-hybridized carbons (Fsp3) is 0.182. The van der Waals surface area contributed by atoms with E-state index in [4.69, 9.17) is 4.74 Å². The van der Waals surface area contributed by atoms with Crippen LogP contribution in [0.1, 0.15) is 34.1 Å². The Kier molecular flexibility index (Phi) is 8.14. The maximum Gasteiger partial charge on any atom is 0.332 e. The molecule has 0 aliphatic rings. The van der Waals surface area contributed by atoms with Gasteiger partial charge in [-0.3, -0.25) is 18.7 Å². The monoisotopic (exact) mass is 625 g/mol. The number of carbonyl (C=O) groups excluding carboxylic acids is 1. The highest BCUT2D eigenvalue weighted by atomic mass is 32.1. The Labute approximate surface area is 259 Å². The smallest absolute Gasteiger partial charge is 0.332 e. The molecule has 0 unspecified atom stereocenters. The third-order valence-corrected chi connectivity index (χ3v) is 8.64. The molecule has 45 heavy (non-hydrogen) atoms. The largest absolute Gasteiger partial charge is 0.528 e. The second-order valence-corrected chi connectivity index (χ2v) is 11.4. The maximum atomic E-state index is 15.7. The molecule has 0 radical (unpaired) electrons. The summed E-state index contributed by atoms with van der Waals surface area (Å²) in [5.74, 6) is -0.359. The van der Waals surface area contributed by atoms with Crippen molar-refractivity contribution in [1.29, 1.82) is 0 Å². The lowest BCUT2D eigenvalue weighted by molar-refractivity contribution is -0.303. The molecule has 0 spiro atoms. The van der Waals surface area contributed by atoms with Crippen molar-refractivity contribution in [3.63, 3.8) is 0 Å². The first kappa shape index (κ1) is 29.7. The van der Waals surface area contributed by atoms with E-state index < -0.39 is 35.5 Å². The molecule has 0 bridgehead atoms. The molecule has 0 aliphatic heterocycles. The van der Waals surface area contributed by atoms with E-state index in [1.807, 2.05) is 6.92 Å². The Morgan fingerprint density at radius 1 is 1.02 bits per heavy atom. The molecular formula is C33H26FN4O6S-. The Hall–Kier alpha value is -5.36. The van der Waals surface area contributed by atoms with Gasteiger partial charge in [0.1, 0.15) is 16.4 Å². The minimum Gasteiger partial charge on any atom is -0.528 e. The molecular weight excluding hydrogens is 599 g/mol. The maximum absolute atomic E-state index is 15.7. The number of rotatable bonds is 10. The van der Waals surface area contributed by atoms with Crippen molar-refractivity contribution in [1.82, 2.24) is 19.3 Å². The van der Waals surface area contributed by atoms with E-state index in [1.165, 1.54) is 29.1 Å². The lowest BCUT2D eigenvalue weighted by Gasteiger charge is -2.14. The molecule has 228 valence electrons. The zero-order valence-corrected chi connectivity index (χ0v) is 25.1. The van der Waals surface area contributed by atoms with Crippen molar-refractivity contribution in [2.75, 3.05) is 7.11 Å². The second-order valence-electron chi connectivity index (χ2n) is 10.3. The molecule has 3 aromatic heterocycles. The number of aryl methyl sites for hydroxylation is 1. The van der Waals surface area contributed by atoms with Gasteiger partial charge in [0.25, 0.3) is 5.56 Å². The van der Waals surface area contributed by atoms with Gasteiger partial charge in [-0.1, -0.05) is 49.7 Å². The second kappa shape index (κ2) is 12.3. The van der Waals surface area contributed by atoms with Gasteiger partial charge in [0.15, 0.2) is 17.7 Å². The summed E-state index contributed by atoms with van der Waals surface area (Å²) >= 11 is 1.31. The summed E-state index contributed by atoms with van der Waals surface area (Å²) in [7, 11) is 1.51. The summed E-state index contributed by atoms with van der Waals surface area (Å²) in [4.78, 5) is 45.6. The zero-order chi connectivity index (χ0) is 31.7. The summed E-state index contributed by atoms with van der Waals surface area (Å²) in [6, 6.07) is 19.7. The summed E-state index contributed by atoms with van der Waals surface area (Å²) in [6.45, 7) is 1.37. The van der Waals surface area contributed by atoms with Gasteiger partial charge in [-0.15, -0.1) is 11.3 Å². The van der Waals surface area contributed by atoms with Gasteiger partial charge in [0.2, 0.25) is 0 Å². The van der Waals surface area contributed by atoms with Crippen molar-refractivity contribution >= 4 is 27.3 Å². The summed E-state index contributed by atoms with van der Waals surface area (Å²) in [6.07, 6.45) is 0.702. The first-order valence-corrected chi connectivity index (χ1v) is 14.9. The lowest BCUT2D eigenvalue weighted by atomic mass is 9.98. The van der Waals surface area contributed by atoms with Gasteiger partial charge in [0, 0.05) is 21.6 Å². The number of ketones is 1. The van der Waals surface area contributed by atoms with Crippen LogP contribution in [0.2, 0.25) is 0 Å². The van der Waals surface area contributed by atoms with Crippen LogP contribution in [0.4, 0.5) is 4.39 Å². The lowest BCUT2D eigenvalue weighted by Crippen LogP contribution is -2.41. The number of hydrogen-bond donors (Lipinski definition) is 0. The van der Waals surface area contributed by atoms with E-state index in [0.717, 1.165) is 15.9 Å². The molecule has 0 aliphatic carbocycles. The number of fused-ring (bicyclic) bond motifs is 1. The molecule has 10 nitrogen and oxygen atoms in total. The van der Waals surface area contributed by atoms with E-state index in [0.29, 0.717) is 44.6 Å². The van der Waals surface area contributed by atoms with E-state index in [-0.39, 0.29) is 17.9 Å². The molecule has 0 saturated carbocycles. The summed E-state index contributed by atoms with van der Waals surface area (Å²) in [5.41, 5.74) is 0.817. The van der Waals surface area contributed by atoms with Crippen molar-refractivity contribution in [3.8, 4) is 34.3 Å². The number of nitrogens with zero attached hydrogens (tertiary/aromatic N) is 4. The Balaban J connectivity index is 1.40. The minimum absolute atomic E-state index is 0.0843. The van der Waals surface area contributed by atoms with Crippen LogP contribution in [-0.2, 0) is 19.5 Å². The Morgan fingerprint density at radius 3 is 2.44 bits per heavy atom. The fourth-order valence-corrected chi connectivity index (χ4v) is 6.41. The van der Waals surface area contributed by atoms with Gasteiger partial charge in [-0.05, 0) is 53.9 Å². The van der Waals surface area contributed by atoms with Crippen molar-refractivity contribution in [2.45, 2.75) is 32.9 Å². The molecule has 3 aromatic carbocycles. The van der Waals surface area contributed by atoms with Crippen LogP contribution in [0.3, 0.4) is 0 Å². The van der Waals surface area contributed by atoms with Gasteiger partial charge in [0.05, 0.1) is 25.6 Å². The zero-order valence-electron chi connectivity index (χ0n) is 24.3. The molecule has 0 fully saturated rings. The third-order valence-electron chi connectivity index (χ3n) is 7.42. The van der Waals surface area contributed by atoms with Crippen LogP contribution >= 0.6 is 11.3 Å². The molecule has 3 heterocycles. The molecule has 0 atom stereocenters. The van der Waals surface area contributed by atoms with E-state index in [1.54, 1.807) is 66.7 Å². The Morgan fingerprint density at radius 2 is 1.78 bits per heavy atom. The topological polar surface area (TPSA) is 132 Å². The van der Waals surface area contributed by atoms with Gasteiger partial charge >= 0.3 is 5.69 Å². The number of thiophene rings is 1. The highest BCUT2D eigenvalue weighted by Gasteiger charge is 2.20. The predicted octanol–water partition coefficient (Wildman–Crippen LogP) is 5.05. The van der Waals surface area contributed by atoms with E-state index in [9.17, 15) is 19.5 Å².